The van der Waals surface area contributed by atoms with E-state index in [-0.39, 0.29) is 16.5 Å². The number of aromatic nitrogens is 1. The minimum Gasteiger partial charge on any atom is -0.307 e. The smallest absolute Gasteiger partial charge is 0.264 e. The van der Waals surface area contributed by atoms with E-state index in [4.69, 9.17) is 0 Å². The molecule has 1 unspecified atom stereocenters. The molecule has 2 aromatic carbocycles. The summed E-state index contributed by atoms with van der Waals surface area (Å²) in [5.41, 5.74) is 2.94. The first-order valence-corrected chi connectivity index (χ1v) is 10.8. The minimum atomic E-state index is -3.80. The van der Waals surface area contributed by atoms with Crippen LogP contribution < -0.4 is 9.62 Å². The molecule has 1 aromatic heterocycles. The maximum atomic E-state index is 13.4. The van der Waals surface area contributed by atoms with Crippen molar-refractivity contribution in [2.24, 2.45) is 0 Å². The Balaban J connectivity index is 1.64. The molecule has 2 heterocycles. The summed E-state index contributed by atoms with van der Waals surface area (Å²) in [6.07, 6.45) is 2.32. The lowest BCUT2D eigenvalue weighted by molar-refractivity contribution is 0.102. The first kappa shape index (κ1) is 19.1. The fourth-order valence-electron chi connectivity index (χ4n) is 3.55. The van der Waals surface area contributed by atoms with E-state index in [0.29, 0.717) is 17.9 Å². The third-order valence-electron chi connectivity index (χ3n) is 4.95. The van der Waals surface area contributed by atoms with Crippen LogP contribution in [-0.2, 0) is 16.4 Å². The molecule has 3 aromatic rings. The second-order valence-corrected chi connectivity index (χ2v) is 9.00. The molecule has 0 fully saturated rings. The topological polar surface area (TPSA) is 79.4 Å². The second kappa shape index (κ2) is 7.33. The maximum Gasteiger partial charge on any atom is 0.264 e. The van der Waals surface area contributed by atoms with Gasteiger partial charge >= 0.3 is 0 Å². The molecule has 0 spiro atoms. The highest BCUT2D eigenvalue weighted by atomic mass is 32.2. The number of hydrogen-bond donors (Lipinski definition) is 1. The number of nitrogens with zero attached hydrogens (tertiary/aromatic N) is 2. The van der Waals surface area contributed by atoms with Crippen LogP contribution in [0, 0.1) is 6.92 Å². The van der Waals surface area contributed by atoms with Gasteiger partial charge in [-0.15, -0.1) is 0 Å². The van der Waals surface area contributed by atoms with Crippen LogP contribution in [0.25, 0.3) is 0 Å². The lowest BCUT2D eigenvalue weighted by Crippen LogP contribution is -2.35. The molecule has 148 valence electrons. The highest BCUT2D eigenvalue weighted by Crippen LogP contribution is 2.36. The number of pyridine rings is 1. The standard InChI is InChI=1S/C22H21N3O3S/c1-15-10-11-21(23-14-15)24-22(26)18-7-5-8-19(13-18)29(27,28)25-16(2)12-17-6-3-4-9-20(17)25/h3-11,13-14,16H,12H2,1-2H3,(H,23,24,26). The summed E-state index contributed by atoms with van der Waals surface area (Å²) in [6.45, 7) is 3.79. The number of benzene rings is 2. The summed E-state index contributed by atoms with van der Waals surface area (Å²) < 4.78 is 28.2. The van der Waals surface area contributed by atoms with Gasteiger partial charge in [-0.1, -0.05) is 30.3 Å². The summed E-state index contributed by atoms with van der Waals surface area (Å²) in [5, 5.41) is 2.70. The van der Waals surface area contributed by atoms with E-state index in [0.717, 1.165) is 11.1 Å². The quantitative estimate of drug-likeness (QED) is 0.714. The number of para-hydroxylation sites is 1. The number of carbonyl (C=O) groups is 1. The Morgan fingerprint density at radius 1 is 1.10 bits per heavy atom. The number of nitrogens with one attached hydrogen (secondary N) is 1. The second-order valence-electron chi connectivity index (χ2n) is 7.19. The first-order valence-electron chi connectivity index (χ1n) is 9.32. The van der Waals surface area contributed by atoms with Crippen molar-refractivity contribution >= 4 is 27.4 Å². The number of fused-ring (bicyclic) bond motifs is 1. The van der Waals surface area contributed by atoms with Crippen molar-refractivity contribution in [1.82, 2.24) is 4.98 Å². The Labute approximate surface area is 170 Å². The third-order valence-corrected chi connectivity index (χ3v) is 6.87. The number of hydrogen-bond acceptors (Lipinski definition) is 4. The van der Waals surface area contributed by atoms with Crippen molar-refractivity contribution in [3.63, 3.8) is 0 Å². The molecule has 0 saturated carbocycles. The lowest BCUT2D eigenvalue weighted by Gasteiger charge is -2.24. The Bertz CT molecular complexity index is 1170. The molecule has 1 atom stereocenters. The zero-order valence-electron chi connectivity index (χ0n) is 16.2. The molecule has 0 aliphatic carbocycles. The molecule has 0 radical (unpaired) electrons. The van der Waals surface area contributed by atoms with Gasteiger partial charge in [-0.25, -0.2) is 13.4 Å². The zero-order valence-corrected chi connectivity index (χ0v) is 17.0. The summed E-state index contributed by atoms with van der Waals surface area (Å²) in [7, 11) is -3.80. The largest absolute Gasteiger partial charge is 0.307 e. The summed E-state index contributed by atoms with van der Waals surface area (Å²) in [5.74, 6) is 0.00391. The van der Waals surface area contributed by atoms with Gasteiger partial charge in [0.25, 0.3) is 15.9 Å². The molecule has 1 N–H and O–H groups in total. The predicted molar refractivity (Wildman–Crippen MR) is 113 cm³/mol. The molecular weight excluding hydrogens is 386 g/mol. The van der Waals surface area contributed by atoms with Crippen LogP contribution in [0.5, 0.6) is 0 Å². The van der Waals surface area contributed by atoms with Crippen LogP contribution in [0.4, 0.5) is 11.5 Å². The van der Waals surface area contributed by atoms with Gasteiger partial charge in [0, 0.05) is 17.8 Å². The van der Waals surface area contributed by atoms with Crippen molar-refractivity contribution in [1.29, 1.82) is 0 Å². The van der Waals surface area contributed by atoms with Crippen molar-refractivity contribution in [3.8, 4) is 0 Å². The predicted octanol–water partition coefficient (Wildman–Crippen LogP) is 3.78. The molecule has 4 rings (SSSR count). The molecule has 6 nitrogen and oxygen atoms in total. The van der Waals surface area contributed by atoms with E-state index in [9.17, 15) is 13.2 Å². The number of carbonyl (C=O) groups excluding carboxylic acids is 1. The Hall–Kier alpha value is -3.19. The van der Waals surface area contributed by atoms with Crippen LogP contribution in [0.15, 0.2) is 71.8 Å². The average Bonchev–Trinajstić information content (AvgIpc) is 3.06. The number of sulfonamides is 1. The van der Waals surface area contributed by atoms with Gasteiger partial charge in [-0.3, -0.25) is 9.10 Å². The van der Waals surface area contributed by atoms with Crippen molar-refractivity contribution in [2.75, 3.05) is 9.62 Å². The fraction of sp³-hybridized carbons (Fsp3) is 0.182. The molecular formula is C22H21N3O3S. The number of rotatable bonds is 4. The van der Waals surface area contributed by atoms with E-state index in [1.807, 2.05) is 44.2 Å². The normalized spacial score (nSPS) is 15.8. The van der Waals surface area contributed by atoms with Gasteiger partial charge in [0.2, 0.25) is 0 Å². The highest BCUT2D eigenvalue weighted by molar-refractivity contribution is 7.92. The van der Waals surface area contributed by atoms with Gasteiger partial charge in [-0.05, 0) is 61.7 Å². The molecule has 0 bridgehead atoms. The van der Waals surface area contributed by atoms with Gasteiger partial charge in [0.1, 0.15) is 5.82 Å². The Morgan fingerprint density at radius 3 is 2.66 bits per heavy atom. The first-order chi connectivity index (χ1) is 13.9. The van der Waals surface area contributed by atoms with Gasteiger partial charge in [0.05, 0.1) is 10.6 Å². The Kier molecular flexibility index (Phi) is 4.84. The third kappa shape index (κ3) is 3.61. The summed E-state index contributed by atoms with van der Waals surface area (Å²) in [6, 6.07) is 17.0. The molecule has 0 saturated heterocycles. The Morgan fingerprint density at radius 2 is 1.90 bits per heavy atom. The fourth-order valence-corrected chi connectivity index (χ4v) is 5.28. The molecule has 29 heavy (non-hydrogen) atoms. The van der Waals surface area contributed by atoms with E-state index in [1.165, 1.54) is 16.4 Å². The molecule has 1 aliphatic heterocycles. The lowest BCUT2D eigenvalue weighted by atomic mass is 10.1. The average molecular weight is 407 g/mol. The van der Waals surface area contributed by atoms with Crippen LogP contribution in [0.1, 0.15) is 28.4 Å². The monoisotopic (exact) mass is 407 g/mol. The van der Waals surface area contributed by atoms with E-state index >= 15 is 0 Å². The minimum absolute atomic E-state index is 0.0885. The summed E-state index contributed by atoms with van der Waals surface area (Å²) >= 11 is 0. The summed E-state index contributed by atoms with van der Waals surface area (Å²) in [4.78, 5) is 16.8. The number of aryl methyl sites for hydroxylation is 1. The zero-order chi connectivity index (χ0) is 20.6. The van der Waals surface area contributed by atoms with E-state index < -0.39 is 15.9 Å². The SMILES string of the molecule is Cc1ccc(NC(=O)c2cccc(S(=O)(=O)N3c4ccccc4CC3C)c2)nc1. The van der Waals surface area contributed by atoms with Crippen molar-refractivity contribution < 1.29 is 13.2 Å². The van der Waals surface area contributed by atoms with Gasteiger partial charge in [-0.2, -0.15) is 0 Å². The van der Waals surface area contributed by atoms with Crippen LogP contribution in [-0.4, -0.2) is 25.4 Å². The molecule has 1 aliphatic rings. The van der Waals surface area contributed by atoms with Crippen LogP contribution >= 0.6 is 0 Å². The highest BCUT2D eigenvalue weighted by Gasteiger charge is 2.36. The van der Waals surface area contributed by atoms with Crippen molar-refractivity contribution in [2.45, 2.75) is 31.2 Å². The number of amides is 1. The molecule has 1 amide bonds. The van der Waals surface area contributed by atoms with Crippen LogP contribution in [0.3, 0.4) is 0 Å². The van der Waals surface area contributed by atoms with Crippen molar-refractivity contribution in [3.05, 3.63) is 83.6 Å². The van der Waals surface area contributed by atoms with Gasteiger partial charge in [0.15, 0.2) is 0 Å². The maximum absolute atomic E-state index is 13.4. The van der Waals surface area contributed by atoms with E-state index in [2.05, 4.69) is 10.3 Å². The van der Waals surface area contributed by atoms with Crippen LogP contribution in [0.2, 0.25) is 0 Å². The van der Waals surface area contributed by atoms with Gasteiger partial charge < -0.3 is 5.32 Å². The number of anilines is 2. The molecule has 7 heteroatoms. The van der Waals surface area contributed by atoms with E-state index in [1.54, 1.807) is 24.4 Å².